The number of benzene rings is 1. The Morgan fingerprint density at radius 1 is 1.23 bits per heavy atom. The van der Waals surface area contributed by atoms with Gasteiger partial charge in [0.15, 0.2) is 0 Å². The number of hydrogen-bond donors (Lipinski definition) is 1. The molecular formula is C26H42N4. The molecule has 0 fully saturated rings. The van der Waals surface area contributed by atoms with E-state index in [-0.39, 0.29) is 11.5 Å². The van der Waals surface area contributed by atoms with Gasteiger partial charge in [0.1, 0.15) is 0 Å². The van der Waals surface area contributed by atoms with Crippen LogP contribution in [0.3, 0.4) is 0 Å². The molecule has 0 heterocycles. The van der Waals surface area contributed by atoms with Crippen molar-refractivity contribution in [1.82, 2.24) is 15.1 Å². The monoisotopic (exact) mass is 410 g/mol. The zero-order valence-electron chi connectivity index (χ0n) is 20.0. The highest BCUT2D eigenvalue weighted by Crippen LogP contribution is 2.28. The van der Waals surface area contributed by atoms with E-state index in [9.17, 15) is 0 Å². The first-order chi connectivity index (χ1) is 14.3. The van der Waals surface area contributed by atoms with Crippen molar-refractivity contribution in [3.8, 4) is 0 Å². The molecule has 0 radical (unpaired) electrons. The zero-order chi connectivity index (χ0) is 22.1. The Morgan fingerprint density at radius 3 is 2.53 bits per heavy atom. The third-order valence-electron chi connectivity index (χ3n) is 6.08. The van der Waals surface area contributed by atoms with Gasteiger partial charge in [-0.3, -0.25) is 9.89 Å². The first-order valence-corrected chi connectivity index (χ1v) is 11.3. The van der Waals surface area contributed by atoms with Crippen molar-refractivity contribution in [2.75, 3.05) is 33.9 Å². The molecule has 0 bridgehead atoms. The zero-order valence-corrected chi connectivity index (χ0v) is 20.0. The van der Waals surface area contributed by atoms with Crippen LogP contribution >= 0.6 is 0 Å². The number of likely N-dealkylation sites (N-methyl/N-ethyl adjacent to an activating group) is 1. The Labute approximate surface area is 184 Å². The van der Waals surface area contributed by atoms with Gasteiger partial charge in [-0.05, 0) is 64.1 Å². The quantitative estimate of drug-likeness (QED) is 0.399. The number of nitrogens with zero attached hydrogens (tertiary/aromatic N) is 3. The number of nitrogens with one attached hydrogen (secondary N) is 1. The molecule has 0 aromatic heterocycles. The molecule has 166 valence electrons. The van der Waals surface area contributed by atoms with E-state index in [0.717, 1.165) is 44.7 Å². The van der Waals surface area contributed by atoms with Gasteiger partial charge in [0.2, 0.25) is 0 Å². The molecule has 1 N–H and O–H groups in total. The minimum absolute atomic E-state index is 0.151. The Hall–Kier alpha value is -1.75. The molecular weight excluding hydrogens is 368 g/mol. The van der Waals surface area contributed by atoms with E-state index in [1.807, 2.05) is 7.05 Å². The highest BCUT2D eigenvalue weighted by molar-refractivity contribution is 5.37. The normalized spacial score (nSPS) is 18.3. The van der Waals surface area contributed by atoms with Gasteiger partial charge in [-0.1, -0.05) is 62.8 Å². The Kier molecular flexibility index (Phi) is 9.47. The van der Waals surface area contributed by atoms with Crippen molar-refractivity contribution in [3.05, 3.63) is 59.3 Å². The summed E-state index contributed by atoms with van der Waals surface area (Å²) >= 11 is 0. The maximum absolute atomic E-state index is 4.35. The SMILES string of the molecule is C=NC1=CC(C)=CCC1N(CNC)CC(C)(C)CN(C)C(CC)Cc1ccccc1. The fourth-order valence-corrected chi connectivity index (χ4v) is 4.68. The smallest absolute Gasteiger partial charge is 0.0574 e. The fraction of sp³-hybridized carbons (Fsp3) is 0.577. The minimum atomic E-state index is 0.151. The van der Waals surface area contributed by atoms with E-state index in [1.54, 1.807) is 0 Å². The van der Waals surface area contributed by atoms with Crippen LogP contribution in [0.1, 0.15) is 46.1 Å². The summed E-state index contributed by atoms with van der Waals surface area (Å²) in [6.07, 6.45) is 7.74. The molecule has 1 aromatic carbocycles. The second kappa shape index (κ2) is 11.6. The molecule has 0 amide bonds. The third kappa shape index (κ3) is 7.19. The summed E-state index contributed by atoms with van der Waals surface area (Å²) in [5, 5.41) is 3.37. The Morgan fingerprint density at radius 2 is 1.93 bits per heavy atom. The molecule has 2 atom stereocenters. The molecule has 2 unspecified atom stereocenters. The first kappa shape index (κ1) is 24.5. The van der Waals surface area contributed by atoms with Crippen molar-refractivity contribution >= 4 is 6.72 Å². The third-order valence-corrected chi connectivity index (χ3v) is 6.08. The number of hydrogen-bond acceptors (Lipinski definition) is 4. The highest BCUT2D eigenvalue weighted by atomic mass is 15.3. The molecule has 4 nitrogen and oxygen atoms in total. The van der Waals surface area contributed by atoms with Gasteiger partial charge >= 0.3 is 0 Å². The van der Waals surface area contributed by atoms with E-state index in [2.05, 4.69) is 104 Å². The summed E-state index contributed by atoms with van der Waals surface area (Å²) < 4.78 is 0. The first-order valence-electron chi connectivity index (χ1n) is 11.3. The van der Waals surface area contributed by atoms with Crippen LogP contribution in [0.2, 0.25) is 0 Å². The standard InChI is InChI=1S/C26H42N4/c1-8-23(17-22-12-10-9-11-13-22)29(7)18-26(3,4)19-30(20-27-5)25-15-14-21(2)16-24(25)28-6/h9-14,16,23,25,27H,6,8,15,17-20H2,1-5,7H3. The lowest BCUT2D eigenvalue weighted by Gasteiger charge is -2.41. The number of allylic oxidation sites excluding steroid dienone is 2. The number of aliphatic imine (C=N–C) groups is 1. The molecule has 1 aromatic rings. The van der Waals surface area contributed by atoms with Gasteiger partial charge < -0.3 is 10.2 Å². The second-order valence-electron chi connectivity index (χ2n) is 9.52. The molecule has 30 heavy (non-hydrogen) atoms. The summed E-state index contributed by atoms with van der Waals surface area (Å²) in [7, 11) is 4.30. The molecule has 1 aliphatic carbocycles. The van der Waals surface area contributed by atoms with Crippen LogP contribution in [0.15, 0.2) is 58.7 Å². The lowest BCUT2D eigenvalue weighted by atomic mass is 9.89. The van der Waals surface area contributed by atoms with Gasteiger partial charge in [-0.2, -0.15) is 0 Å². The van der Waals surface area contributed by atoms with Crippen molar-refractivity contribution in [2.45, 2.75) is 59.0 Å². The molecule has 0 saturated heterocycles. The fourth-order valence-electron chi connectivity index (χ4n) is 4.68. The van der Waals surface area contributed by atoms with Crippen LogP contribution in [0, 0.1) is 5.41 Å². The van der Waals surface area contributed by atoms with Gasteiger partial charge in [-0.25, -0.2) is 0 Å². The van der Waals surface area contributed by atoms with E-state index < -0.39 is 0 Å². The predicted octanol–water partition coefficient (Wildman–Crippen LogP) is 4.75. The topological polar surface area (TPSA) is 30.9 Å². The molecule has 0 saturated carbocycles. The Bertz CT molecular complexity index is 720. The average molecular weight is 411 g/mol. The maximum Gasteiger partial charge on any atom is 0.0574 e. The predicted molar refractivity (Wildman–Crippen MR) is 131 cm³/mol. The second-order valence-corrected chi connectivity index (χ2v) is 9.52. The van der Waals surface area contributed by atoms with Gasteiger partial charge in [0.05, 0.1) is 11.7 Å². The lowest BCUT2D eigenvalue weighted by Crippen LogP contribution is -2.50. The molecule has 1 aliphatic rings. The van der Waals surface area contributed by atoms with Crippen LogP contribution < -0.4 is 5.32 Å². The van der Waals surface area contributed by atoms with E-state index in [4.69, 9.17) is 0 Å². The van der Waals surface area contributed by atoms with E-state index >= 15 is 0 Å². The van der Waals surface area contributed by atoms with E-state index in [0.29, 0.717) is 6.04 Å². The minimum Gasteiger partial charge on any atom is -0.307 e. The highest BCUT2D eigenvalue weighted by Gasteiger charge is 2.31. The summed E-state index contributed by atoms with van der Waals surface area (Å²) in [5.74, 6) is 0. The summed E-state index contributed by atoms with van der Waals surface area (Å²) in [4.78, 5) is 9.43. The number of rotatable bonds is 12. The van der Waals surface area contributed by atoms with Gasteiger partial charge in [0.25, 0.3) is 0 Å². The summed E-state index contributed by atoms with van der Waals surface area (Å²) in [6.45, 7) is 15.9. The Balaban J connectivity index is 2.06. The van der Waals surface area contributed by atoms with Gasteiger partial charge in [-0.15, -0.1) is 0 Å². The lowest BCUT2D eigenvalue weighted by molar-refractivity contribution is 0.0894. The largest absolute Gasteiger partial charge is 0.307 e. The van der Waals surface area contributed by atoms with Crippen molar-refractivity contribution < 1.29 is 0 Å². The van der Waals surface area contributed by atoms with Crippen LogP contribution in [0.25, 0.3) is 0 Å². The van der Waals surface area contributed by atoms with Crippen LogP contribution in [0.5, 0.6) is 0 Å². The molecule has 4 heteroatoms. The molecule has 0 spiro atoms. The van der Waals surface area contributed by atoms with Crippen LogP contribution in [-0.2, 0) is 6.42 Å². The molecule has 2 rings (SSSR count). The molecule has 0 aliphatic heterocycles. The maximum atomic E-state index is 4.35. The van der Waals surface area contributed by atoms with Crippen molar-refractivity contribution in [3.63, 3.8) is 0 Å². The van der Waals surface area contributed by atoms with Crippen LogP contribution in [-0.4, -0.2) is 62.5 Å². The van der Waals surface area contributed by atoms with Gasteiger partial charge in [0, 0.05) is 25.8 Å². The van der Waals surface area contributed by atoms with Crippen LogP contribution in [0.4, 0.5) is 0 Å². The van der Waals surface area contributed by atoms with E-state index in [1.165, 1.54) is 11.1 Å². The van der Waals surface area contributed by atoms with Crippen molar-refractivity contribution in [1.29, 1.82) is 0 Å². The summed E-state index contributed by atoms with van der Waals surface area (Å²) in [6, 6.07) is 11.7. The summed E-state index contributed by atoms with van der Waals surface area (Å²) in [5.41, 5.74) is 3.94. The average Bonchev–Trinajstić information content (AvgIpc) is 2.71. The van der Waals surface area contributed by atoms with Crippen molar-refractivity contribution in [2.24, 2.45) is 10.4 Å².